The third-order valence-electron chi connectivity index (χ3n) is 5.83. The van der Waals surface area contributed by atoms with Crippen LogP contribution in [0.25, 0.3) is 0 Å². The zero-order chi connectivity index (χ0) is 19.2. The van der Waals surface area contributed by atoms with E-state index in [1.807, 2.05) is 29.2 Å². The fourth-order valence-electron chi connectivity index (χ4n) is 4.50. The zero-order valence-corrected chi connectivity index (χ0v) is 17.9. The first-order valence-electron chi connectivity index (χ1n) is 10.4. The molecule has 2 atom stereocenters. The number of carbonyl (C=O) groups excluding carboxylic acids is 2. The van der Waals surface area contributed by atoms with Crippen LogP contribution in [0.1, 0.15) is 56.3 Å². The largest absolute Gasteiger partial charge is 0.338 e. The number of para-hydroxylation sites is 1. The molecule has 0 aromatic heterocycles. The van der Waals surface area contributed by atoms with Gasteiger partial charge in [-0.25, -0.2) is 0 Å². The summed E-state index contributed by atoms with van der Waals surface area (Å²) >= 11 is 0. The van der Waals surface area contributed by atoms with Crippen LogP contribution in [-0.4, -0.2) is 42.9 Å². The van der Waals surface area contributed by atoms with Crippen LogP contribution in [0.3, 0.4) is 0 Å². The molecule has 1 aromatic carbocycles. The molecule has 6 heteroatoms. The van der Waals surface area contributed by atoms with Crippen molar-refractivity contribution in [2.45, 2.75) is 46.0 Å². The maximum atomic E-state index is 13.1. The monoisotopic (exact) mass is 407 g/mol. The van der Waals surface area contributed by atoms with Crippen molar-refractivity contribution in [2.24, 2.45) is 17.8 Å². The summed E-state index contributed by atoms with van der Waals surface area (Å²) in [5.41, 5.74) is 1.25. The Hall–Kier alpha value is -1.59. The van der Waals surface area contributed by atoms with Gasteiger partial charge in [-0.1, -0.05) is 26.0 Å². The van der Waals surface area contributed by atoms with Crippen LogP contribution in [0.15, 0.2) is 24.3 Å². The topological polar surface area (TPSA) is 61.4 Å². The van der Waals surface area contributed by atoms with Crippen molar-refractivity contribution in [1.29, 1.82) is 0 Å². The molecule has 1 aromatic rings. The summed E-state index contributed by atoms with van der Waals surface area (Å²) in [7, 11) is 0. The van der Waals surface area contributed by atoms with E-state index in [-0.39, 0.29) is 24.2 Å². The molecule has 2 aliphatic rings. The van der Waals surface area contributed by atoms with Gasteiger partial charge >= 0.3 is 0 Å². The van der Waals surface area contributed by atoms with E-state index in [9.17, 15) is 9.59 Å². The number of nitrogens with zero attached hydrogens (tertiary/aromatic N) is 1. The number of hydrogen-bond donors (Lipinski definition) is 2. The van der Waals surface area contributed by atoms with Crippen LogP contribution in [0, 0.1) is 17.8 Å². The third kappa shape index (κ3) is 6.21. The molecule has 2 saturated heterocycles. The number of hydrogen-bond acceptors (Lipinski definition) is 3. The van der Waals surface area contributed by atoms with Crippen molar-refractivity contribution in [3.63, 3.8) is 0 Å². The number of likely N-dealkylation sites (tertiary alicyclic amines) is 1. The molecular weight excluding hydrogens is 374 g/mol. The molecule has 156 valence electrons. The lowest BCUT2D eigenvalue weighted by Gasteiger charge is -2.35. The molecule has 5 nitrogen and oxygen atoms in total. The van der Waals surface area contributed by atoms with Crippen LogP contribution in [-0.2, 0) is 4.79 Å². The first-order chi connectivity index (χ1) is 13.0. The summed E-state index contributed by atoms with van der Waals surface area (Å²) in [5.74, 6) is 1.70. The molecule has 2 N–H and O–H groups in total. The fraction of sp³-hybridized carbons (Fsp3) is 0.636. The van der Waals surface area contributed by atoms with Crippen LogP contribution >= 0.6 is 12.4 Å². The van der Waals surface area contributed by atoms with E-state index in [4.69, 9.17) is 0 Å². The van der Waals surface area contributed by atoms with Crippen LogP contribution in [0.4, 0.5) is 5.69 Å². The van der Waals surface area contributed by atoms with E-state index in [0.29, 0.717) is 35.4 Å². The van der Waals surface area contributed by atoms with Gasteiger partial charge < -0.3 is 15.5 Å². The quantitative estimate of drug-likeness (QED) is 0.776. The van der Waals surface area contributed by atoms with E-state index in [1.54, 1.807) is 0 Å². The Kier molecular flexibility index (Phi) is 8.77. The van der Waals surface area contributed by atoms with Gasteiger partial charge in [0.1, 0.15) is 0 Å². The molecule has 2 fully saturated rings. The molecule has 0 bridgehead atoms. The second kappa shape index (κ2) is 10.8. The highest BCUT2D eigenvalue weighted by molar-refractivity contribution is 6.03. The lowest BCUT2D eigenvalue weighted by molar-refractivity contribution is -0.116. The van der Waals surface area contributed by atoms with Gasteiger partial charge in [-0.2, -0.15) is 0 Å². The molecule has 2 unspecified atom stereocenters. The lowest BCUT2D eigenvalue weighted by atomic mass is 9.91. The summed E-state index contributed by atoms with van der Waals surface area (Å²) in [6.45, 7) is 8.09. The molecule has 2 heterocycles. The van der Waals surface area contributed by atoms with Crippen molar-refractivity contribution < 1.29 is 9.59 Å². The second-order valence-corrected chi connectivity index (χ2v) is 8.48. The van der Waals surface area contributed by atoms with Gasteiger partial charge in [0.15, 0.2) is 0 Å². The van der Waals surface area contributed by atoms with Gasteiger partial charge in [-0.05, 0) is 68.7 Å². The predicted molar refractivity (Wildman–Crippen MR) is 116 cm³/mol. The van der Waals surface area contributed by atoms with Crippen molar-refractivity contribution in [2.75, 3.05) is 31.5 Å². The Morgan fingerprint density at radius 2 is 1.75 bits per heavy atom. The molecule has 28 heavy (non-hydrogen) atoms. The highest BCUT2D eigenvalue weighted by atomic mass is 35.5. The maximum absolute atomic E-state index is 13.1. The molecule has 0 radical (unpaired) electrons. The summed E-state index contributed by atoms with van der Waals surface area (Å²) in [6, 6.07) is 7.41. The van der Waals surface area contributed by atoms with E-state index in [0.717, 1.165) is 45.4 Å². The molecule has 3 rings (SSSR count). The number of amides is 2. The number of anilines is 1. The van der Waals surface area contributed by atoms with Gasteiger partial charge in [-0.15, -0.1) is 12.4 Å². The van der Waals surface area contributed by atoms with Crippen LogP contribution in [0.5, 0.6) is 0 Å². The Morgan fingerprint density at radius 1 is 1.11 bits per heavy atom. The van der Waals surface area contributed by atoms with Gasteiger partial charge in [0.25, 0.3) is 5.91 Å². The van der Waals surface area contributed by atoms with Gasteiger partial charge in [0, 0.05) is 19.5 Å². The minimum atomic E-state index is 0. The zero-order valence-electron chi connectivity index (χ0n) is 17.1. The van der Waals surface area contributed by atoms with Crippen molar-refractivity contribution in [1.82, 2.24) is 10.2 Å². The number of benzene rings is 1. The van der Waals surface area contributed by atoms with Crippen molar-refractivity contribution in [3.8, 4) is 0 Å². The molecular formula is C22H34ClN3O2. The maximum Gasteiger partial charge on any atom is 0.255 e. The first-order valence-corrected chi connectivity index (χ1v) is 10.4. The summed E-state index contributed by atoms with van der Waals surface area (Å²) in [5, 5.41) is 6.35. The Morgan fingerprint density at radius 3 is 2.43 bits per heavy atom. The van der Waals surface area contributed by atoms with Gasteiger partial charge in [-0.3, -0.25) is 9.59 Å². The minimum Gasteiger partial charge on any atom is -0.338 e. The number of carbonyl (C=O) groups is 2. The standard InChI is InChI=1S/C22H33N3O2.ClH/c1-16-13-17(2)15-25(14-16)22(27)19-5-3-4-6-20(19)24-21(26)8-7-18-9-11-23-12-10-18;/h3-6,16-18,23H,7-15H2,1-2H3,(H,24,26);1H. The van der Waals surface area contributed by atoms with Gasteiger partial charge in [0.2, 0.25) is 5.91 Å². The molecule has 0 spiro atoms. The molecule has 0 aliphatic carbocycles. The van der Waals surface area contributed by atoms with Crippen LogP contribution in [0.2, 0.25) is 0 Å². The molecule has 2 amide bonds. The Balaban J connectivity index is 0.00000280. The highest BCUT2D eigenvalue weighted by Gasteiger charge is 2.27. The SMILES string of the molecule is CC1CC(C)CN(C(=O)c2ccccc2NC(=O)CCC2CCNCC2)C1.Cl. The van der Waals surface area contributed by atoms with Crippen LogP contribution < -0.4 is 10.6 Å². The van der Waals surface area contributed by atoms with E-state index in [1.165, 1.54) is 6.42 Å². The Bertz CT molecular complexity index is 651. The first kappa shape index (κ1) is 22.7. The van der Waals surface area contributed by atoms with E-state index < -0.39 is 0 Å². The average molecular weight is 408 g/mol. The number of rotatable bonds is 5. The minimum absolute atomic E-state index is 0. The van der Waals surface area contributed by atoms with Crippen molar-refractivity contribution >= 4 is 29.9 Å². The fourth-order valence-corrected chi connectivity index (χ4v) is 4.50. The Labute approximate surface area is 175 Å². The third-order valence-corrected chi connectivity index (χ3v) is 5.83. The summed E-state index contributed by atoms with van der Waals surface area (Å²) in [4.78, 5) is 27.5. The number of halogens is 1. The van der Waals surface area contributed by atoms with E-state index >= 15 is 0 Å². The molecule has 0 saturated carbocycles. The normalized spacial score (nSPS) is 23.0. The summed E-state index contributed by atoms with van der Waals surface area (Å²) < 4.78 is 0. The number of nitrogens with one attached hydrogen (secondary N) is 2. The second-order valence-electron chi connectivity index (χ2n) is 8.48. The predicted octanol–water partition coefficient (Wildman–Crippen LogP) is 3.94. The highest BCUT2D eigenvalue weighted by Crippen LogP contribution is 2.25. The number of piperidine rings is 2. The summed E-state index contributed by atoms with van der Waals surface area (Å²) in [6.07, 6.45) is 4.90. The molecule has 2 aliphatic heterocycles. The average Bonchev–Trinajstić information content (AvgIpc) is 2.66. The van der Waals surface area contributed by atoms with Gasteiger partial charge in [0.05, 0.1) is 11.3 Å². The lowest BCUT2D eigenvalue weighted by Crippen LogP contribution is -2.42. The van der Waals surface area contributed by atoms with E-state index in [2.05, 4.69) is 24.5 Å². The van der Waals surface area contributed by atoms with Crippen molar-refractivity contribution in [3.05, 3.63) is 29.8 Å². The smallest absolute Gasteiger partial charge is 0.255 e.